The first-order chi connectivity index (χ1) is 5.68. The summed E-state index contributed by atoms with van der Waals surface area (Å²) in [7, 11) is 0. The Labute approximate surface area is 77.7 Å². The first kappa shape index (κ1) is 17.8. The summed E-state index contributed by atoms with van der Waals surface area (Å²) in [5.74, 6) is 0. The lowest BCUT2D eigenvalue weighted by Crippen LogP contribution is -2.41. The first-order valence-corrected chi connectivity index (χ1v) is 4.79. The largest absolute Gasteiger partial charge is 0.330 e. The molecule has 0 aromatic rings. The van der Waals surface area contributed by atoms with Crippen LogP contribution in [0.1, 0.15) is 34.6 Å². The predicted octanol–water partition coefficient (Wildman–Crippen LogP) is 0.921. The Morgan fingerprint density at radius 1 is 0.750 bits per heavy atom. The van der Waals surface area contributed by atoms with E-state index in [9.17, 15) is 0 Å². The van der Waals surface area contributed by atoms with Crippen LogP contribution >= 0.6 is 0 Å². The average Bonchev–Trinajstić information content (AvgIpc) is 2.22. The minimum Gasteiger partial charge on any atom is -0.330 e. The molecule has 0 saturated heterocycles. The molecule has 0 amide bonds. The summed E-state index contributed by atoms with van der Waals surface area (Å²) < 4.78 is 0. The quantitative estimate of drug-likeness (QED) is 0.600. The van der Waals surface area contributed by atoms with Crippen LogP contribution in [0.2, 0.25) is 0 Å². The Balaban J connectivity index is -0.000000175. The topological polar surface area (TPSA) is 78.1 Å². The standard InChI is InChI=1S/C5H15N3.2C2H6/c1-5(2-6,3-7)4-8;2*1-2/h2-4,6-8H2,1H3;2*1-2H3. The number of rotatable bonds is 3. The van der Waals surface area contributed by atoms with Crippen LogP contribution in [-0.4, -0.2) is 19.6 Å². The molecular formula is C9H27N3. The van der Waals surface area contributed by atoms with E-state index in [1.54, 1.807) is 0 Å². The third-order valence-corrected chi connectivity index (χ3v) is 1.48. The van der Waals surface area contributed by atoms with Crippen molar-refractivity contribution in [1.29, 1.82) is 0 Å². The summed E-state index contributed by atoms with van der Waals surface area (Å²) in [5, 5.41) is 0. The van der Waals surface area contributed by atoms with Crippen molar-refractivity contribution in [3.05, 3.63) is 0 Å². The molecule has 0 atom stereocenters. The van der Waals surface area contributed by atoms with Gasteiger partial charge in [0.1, 0.15) is 0 Å². The summed E-state index contributed by atoms with van der Waals surface area (Å²) in [6.45, 7) is 11.7. The van der Waals surface area contributed by atoms with Crippen molar-refractivity contribution in [3.63, 3.8) is 0 Å². The molecule has 12 heavy (non-hydrogen) atoms. The Hall–Kier alpha value is -0.120. The molecule has 0 aliphatic rings. The van der Waals surface area contributed by atoms with Crippen molar-refractivity contribution in [3.8, 4) is 0 Å². The van der Waals surface area contributed by atoms with E-state index in [1.165, 1.54) is 0 Å². The lowest BCUT2D eigenvalue weighted by Gasteiger charge is -2.22. The van der Waals surface area contributed by atoms with Gasteiger partial charge in [-0.1, -0.05) is 34.6 Å². The van der Waals surface area contributed by atoms with E-state index in [0.29, 0.717) is 19.6 Å². The van der Waals surface area contributed by atoms with Gasteiger partial charge in [-0.3, -0.25) is 0 Å². The van der Waals surface area contributed by atoms with E-state index < -0.39 is 0 Å². The van der Waals surface area contributed by atoms with Crippen LogP contribution in [0.5, 0.6) is 0 Å². The second-order valence-corrected chi connectivity index (χ2v) is 2.42. The average molecular weight is 177 g/mol. The highest BCUT2D eigenvalue weighted by Crippen LogP contribution is 2.07. The highest BCUT2D eigenvalue weighted by molar-refractivity contribution is 4.76. The van der Waals surface area contributed by atoms with Gasteiger partial charge in [0.25, 0.3) is 0 Å². The fraction of sp³-hybridized carbons (Fsp3) is 1.00. The van der Waals surface area contributed by atoms with E-state index in [1.807, 2.05) is 34.6 Å². The van der Waals surface area contributed by atoms with E-state index in [-0.39, 0.29) is 5.41 Å². The van der Waals surface area contributed by atoms with Crippen LogP contribution in [0, 0.1) is 5.41 Å². The van der Waals surface area contributed by atoms with Gasteiger partial charge in [0.2, 0.25) is 0 Å². The lowest BCUT2D eigenvalue weighted by atomic mass is 9.92. The fourth-order valence-electron chi connectivity index (χ4n) is 0.250. The normalized spacial score (nSPS) is 9.00. The van der Waals surface area contributed by atoms with Gasteiger partial charge in [-0.05, 0) is 0 Å². The van der Waals surface area contributed by atoms with Crippen LogP contribution in [0.15, 0.2) is 0 Å². The Morgan fingerprint density at radius 3 is 0.917 bits per heavy atom. The monoisotopic (exact) mass is 177 g/mol. The third-order valence-electron chi connectivity index (χ3n) is 1.48. The molecule has 0 rings (SSSR count). The minimum atomic E-state index is -0.0417. The molecule has 3 nitrogen and oxygen atoms in total. The highest BCUT2D eigenvalue weighted by Gasteiger charge is 2.16. The van der Waals surface area contributed by atoms with Crippen LogP contribution < -0.4 is 17.2 Å². The maximum atomic E-state index is 5.37. The van der Waals surface area contributed by atoms with E-state index in [0.717, 1.165) is 0 Å². The minimum absolute atomic E-state index is 0.0417. The summed E-state index contributed by atoms with van der Waals surface area (Å²) in [4.78, 5) is 0. The fourth-order valence-corrected chi connectivity index (χ4v) is 0.250. The molecule has 0 heterocycles. The lowest BCUT2D eigenvalue weighted by molar-refractivity contribution is 0.361. The highest BCUT2D eigenvalue weighted by atomic mass is 14.7. The van der Waals surface area contributed by atoms with Gasteiger partial charge in [0.15, 0.2) is 0 Å². The SMILES string of the molecule is CC.CC.CC(CN)(CN)CN. The van der Waals surface area contributed by atoms with Crippen molar-refractivity contribution in [2.75, 3.05) is 19.6 Å². The Morgan fingerprint density at radius 2 is 0.917 bits per heavy atom. The zero-order valence-corrected chi connectivity index (χ0v) is 9.35. The molecule has 0 bridgehead atoms. The Kier molecular flexibility index (Phi) is 20.0. The van der Waals surface area contributed by atoms with Gasteiger partial charge in [-0.25, -0.2) is 0 Å². The molecule has 0 unspecified atom stereocenters. The van der Waals surface area contributed by atoms with Crippen molar-refractivity contribution in [2.24, 2.45) is 22.6 Å². The molecule has 0 saturated carbocycles. The molecule has 3 heteroatoms. The summed E-state index contributed by atoms with van der Waals surface area (Å²) in [6.07, 6.45) is 0. The summed E-state index contributed by atoms with van der Waals surface area (Å²) >= 11 is 0. The van der Waals surface area contributed by atoms with Crippen LogP contribution in [-0.2, 0) is 0 Å². The molecule has 78 valence electrons. The summed E-state index contributed by atoms with van der Waals surface area (Å²) in [5.41, 5.74) is 16.1. The van der Waals surface area contributed by atoms with Gasteiger partial charge in [-0.15, -0.1) is 0 Å². The smallest absolute Gasteiger partial charge is 0.00423 e. The maximum Gasteiger partial charge on any atom is 0.00423 e. The molecule has 0 aliphatic heterocycles. The number of hydrogen-bond donors (Lipinski definition) is 3. The van der Waals surface area contributed by atoms with Crippen LogP contribution in [0.3, 0.4) is 0 Å². The molecule has 6 N–H and O–H groups in total. The molecule has 0 aliphatic carbocycles. The first-order valence-electron chi connectivity index (χ1n) is 4.79. The van der Waals surface area contributed by atoms with E-state index in [2.05, 4.69) is 0 Å². The molecule has 0 aromatic heterocycles. The second-order valence-electron chi connectivity index (χ2n) is 2.42. The predicted molar refractivity (Wildman–Crippen MR) is 58.0 cm³/mol. The van der Waals surface area contributed by atoms with Crippen LogP contribution in [0.4, 0.5) is 0 Å². The van der Waals surface area contributed by atoms with E-state index in [4.69, 9.17) is 17.2 Å². The maximum absolute atomic E-state index is 5.37. The van der Waals surface area contributed by atoms with Gasteiger partial charge < -0.3 is 17.2 Å². The van der Waals surface area contributed by atoms with Crippen molar-refractivity contribution in [2.45, 2.75) is 34.6 Å². The molecule has 0 radical (unpaired) electrons. The van der Waals surface area contributed by atoms with Crippen LogP contribution in [0.25, 0.3) is 0 Å². The number of nitrogens with two attached hydrogens (primary N) is 3. The zero-order chi connectivity index (χ0) is 10.6. The zero-order valence-electron chi connectivity index (χ0n) is 9.35. The molecular weight excluding hydrogens is 150 g/mol. The molecule has 0 aromatic carbocycles. The third kappa shape index (κ3) is 9.88. The van der Waals surface area contributed by atoms with Crippen molar-refractivity contribution < 1.29 is 0 Å². The second kappa shape index (κ2) is 13.5. The van der Waals surface area contributed by atoms with E-state index >= 15 is 0 Å². The van der Waals surface area contributed by atoms with Gasteiger partial charge in [0.05, 0.1) is 0 Å². The van der Waals surface area contributed by atoms with Gasteiger partial charge in [0, 0.05) is 25.0 Å². The van der Waals surface area contributed by atoms with Crippen molar-refractivity contribution in [1.82, 2.24) is 0 Å². The van der Waals surface area contributed by atoms with Gasteiger partial charge >= 0.3 is 0 Å². The molecule has 0 fully saturated rings. The number of hydrogen-bond acceptors (Lipinski definition) is 3. The van der Waals surface area contributed by atoms with Gasteiger partial charge in [-0.2, -0.15) is 0 Å². The Bertz CT molecular complexity index is 52.5. The van der Waals surface area contributed by atoms with Crippen molar-refractivity contribution >= 4 is 0 Å². The molecule has 0 spiro atoms. The summed E-state index contributed by atoms with van der Waals surface area (Å²) in [6, 6.07) is 0.